The molecular weight excluding hydrogens is 346 g/mol. The molecule has 1 aliphatic carbocycles. The van der Waals surface area contributed by atoms with Crippen LogP contribution in [0, 0.1) is 5.41 Å². The molecule has 1 aromatic carbocycles. The summed E-state index contributed by atoms with van der Waals surface area (Å²) >= 11 is 7.86. The van der Waals surface area contributed by atoms with Gasteiger partial charge in [-0.3, -0.25) is 4.79 Å². The highest BCUT2D eigenvalue weighted by Gasteiger charge is 2.36. The number of amides is 1. The van der Waals surface area contributed by atoms with Gasteiger partial charge in [-0.05, 0) is 49.3 Å². The average Bonchev–Trinajstić information content (AvgIpc) is 2.48. The standard InChI is InChI=1S/C17H22BrNOS/c18-13-4-5-14(15(21)12-13)16(20)19-10-8-17(9-11-19)6-2-1-3-7-17/h4-5,12,21H,1-3,6-11H2. The number of hydrogen-bond donors (Lipinski definition) is 1. The van der Waals surface area contributed by atoms with Gasteiger partial charge in [0.15, 0.2) is 0 Å². The van der Waals surface area contributed by atoms with E-state index >= 15 is 0 Å². The number of likely N-dealkylation sites (tertiary alicyclic amines) is 1. The highest BCUT2D eigenvalue weighted by molar-refractivity contribution is 9.10. The summed E-state index contributed by atoms with van der Waals surface area (Å²) < 4.78 is 0.962. The van der Waals surface area contributed by atoms with E-state index in [0.717, 1.165) is 28.0 Å². The van der Waals surface area contributed by atoms with Crippen LogP contribution < -0.4 is 0 Å². The fourth-order valence-electron chi connectivity index (χ4n) is 3.84. The third kappa shape index (κ3) is 3.31. The van der Waals surface area contributed by atoms with Gasteiger partial charge >= 0.3 is 0 Å². The predicted octanol–water partition coefficient (Wildman–Crippen LogP) is 4.92. The van der Waals surface area contributed by atoms with Gasteiger partial charge in [-0.15, -0.1) is 12.6 Å². The molecule has 3 rings (SSSR count). The molecule has 0 atom stereocenters. The Morgan fingerprint density at radius 2 is 1.76 bits per heavy atom. The second-order valence-electron chi connectivity index (χ2n) is 6.51. The third-order valence-corrected chi connectivity index (χ3v) is 6.08. The molecule has 1 spiro atoms. The zero-order chi connectivity index (χ0) is 14.9. The number of carbonyl (C=O) groups is 1. The van der Waals surface area contributed by atoms with Crippen molar-refractivity contribution in [2.45, 2.75) is 49.8 Å². The van der Waals surface area contributed by atoms with Gasteiger partial charge in [0.1, 0.15) is 0 Å². The Kier molecular flexibility index (Phi) is 4.65. The molecule has 2 nitrogen and oxygen atoms in total. The SMILES string of the molecule is O=C(c1ccc(Br)cc1S)N1CCC2(CCCCC2)CC1. The molecule has 4 heteroatoms. The second-order valence-corrected chi connectivity index (χ2v) is 7.91. The Hall–Kier alpha value is -0.480. The van der Waals surface area contributed by atoms with Crippen LogP contribution in [0.2, 0.25) is 0 Å². The molecular formula is C17H22BrNOS. The van der Waals surface area contributed by atoms with E-state index in [1.165, 1.54) is 44.9 Å². The Labute approximate surface area is 140 Å². The fourth-order valence-corrected chi connectivity index (χ4v) is 4.69. The van der Waals surface area contributed by atoms with Crippen molar-refractivity contribution in [3.8, 4) is 0 Å². The summed E-state index contributed by atoms with van der Waals surface area (Å²) in [6.45, 7) is 1.81. The molecule has 1 aliphatic heterocycles. The first-order valence-electron chi connectivity index (χ1n) is 7.88. The van der Waals surface area contributed by atoms with E-state index in [0.29, 0.717) is 5.41 Å². The van der Waals surface area contributed by atoms with Gasteiger partial charge in [-0.2, -0.15) is 0 Å². The maximum Gasteiger partial charge on any atom is 0.254 e. The van der Waals surface area contributed by atoms with Crippen LogP contribution in [-0.2, 0) is 0 Å². The summed E-state index contributed by atoms with van der Waals surface area (Å²) in [5.41, 5.74) is 1.26. The zero-order valence-electron chi connectivity index (χ0n) is 12.3. The van der Waals surface area contributed by atoms with Crippen molar-refractivity contribution in [3.05, 3.63) is 28.2 Å². The van der Waals surface area contributed by atoms with Crippen molar-refractivity contribution in [2.75, 3.05) is 13.1 Å². The van der Waals surface area contributed by atoms with Gasteiger partial charge in [0, 0.05) is 22.5 Å². The van der Waals surface area contributed by atoms with Crippen LogP contribution in [0.5, 0.6) is 0 Å². The summed E-state index contributed by atoms with van der Waals surface area (Å²) in [7, 11) is 0. The van der Waals surface area contributed by atoms with Gasteiger partial charge in [-0.25, -0.2) is 0 Å². The van der Waals surface area contributed by atoms with Gasteiger partial charge in [0.05, 0.1) is 5.56 Å². The summed E-state index contributed by atoms with van der Waals surface area (Å²) in [5.74, 6) is 0.137. The number of piperidine rings is 1. The molecule has 1 heterocycles. The Morgan fingerprint density at radius 1 is 1.10 bits per heavy atom. The van der Waals surface area contributed by atoms with Gasteiger partial charge < -0.3 is 4.90 Å². The molecule has 0 radical (unpaired) electrons. The first-order valence-corrected chi connectivity index (χ1v) is 9.12. The van der Waals surface area contributed by atoms with Crippen molar-refractivity contribution >= 4 is 34.5 Å². The number of carbonyl (C=O) groups excluding carboxylic acids is 1. The van der Waals surface area contributed by atoms with Crippen LogP contribution in [0.15, 0.2) is 27.6 Å². The van der Waals surface area contributed by atoms with Crippen molar-refractivity contribution in [1.82, 2.24) is 4.90 Å². The Bertz CT molecular complexity index is 530. The highest BCUT2D eigenvalue weighted by Crippen LogP contribution is 2.44. The minimum absolute atomic E-state index is 0.137. The summed E-state index contributed by atoms with van der Waals surface area (Å²) in [6.07, 6.45) is 9.24. The van der Waals surface area contributed by atoms with Crippen molar-refractivity contribution in [3.63, 3.8) is 0 Å². The molecule has 1 aromatic rings. The normalized spacial score (nSPS) is 21.5. The molecule has 114 valence electrons. The van der Waals surface area contributed by atoms with Crippen LogP contribution in [0.3, 0.4) is 0 Å². The van der Waals surface area contributed by atoms with Crippen molar-refractivity contribution < 1.29 is 4.79 Å². The van der Waals surface area contributed by atoms with E-state index in [1.54, 1.807) is 0 Å². The van der Waals surface area contributed by atoms with Gasteiger partial charge in [0.2, 0.25) is 0 Å². The molecule has 1 amide bonds. The van der Waals surface area contributed by atoms with Gasteiger partial charge in [0.25, 0.3) is 5.91 Å². The minimum Gasteiger partial charge on any atom is -0.339 e. The minimum atomic E-state index is 0.137. The molecule has 2 fully saturated rings. The number of rotatable bonds is 1. The van der Waals surface area contributed by atoms with Gasteiger partial charge in [-0.1, -0.05) is 35.2 Å². The largest absolute Gasteiger partial charge is 0.339 e. The highest BCUT2D eigenvalue weighted by atomic mass is 79.9. The summed E-state index contributed by atoms with van der Waals surface area (Å²) in [4.78, 5) is 15.4. The lowest BCUT2D eigenvalue weighted by atomic mass is 9.68. The topological polar surface area (TPSA) is 20.3 Å². The molecule has 0 bridgehead atoms. The Balaban J connectivity index is 1.67. The van der Waals surface area contributed by atoms with E-state index in [9.17, 15) is 4.79 Å². The average molecular weight is 368 g/mol. The zero-order valence-corrected chi connectivity index (χ0v) is 14.8. The first-order chi connectivity index (χ1) is 10.1. The monoisotopic (exact) mass is 367 g/mol. The molecule has 0 unspecified atom stereocenters. The van der Waals surface area contributed by atoms with Crippen LogP contribution in [0.4, 0.5) is 0 Å². The van der Waals surface area contributed by atoms with E-state index in [1.807, 2.05) is 23.1 Å². The maximum atomic E-state index is 12.7. The first kappa shape index (κ1) is 15.4. The number of benzene rings is 1. The van der Waals surface area contributed by atoms with E-state index < -0.39 is 0 Å². The lowest BCUT2D eigenvalue weighted by molar-refractivity contribution is 0.0469. The summed E-state index contributed by atoms with van der Waals surface area (Å²) in [5, 5.41) is 0. The number of halogens is 1. The molecule has 21 heavy (non-hydrogen) atoms. The van der Waals surface area contributed by atoms with Crippen LogP contribution in [-0.4, -0.2) is 23.9 Å². The molecule has 0 N–H and O–H groups in total. The Morgan fingerprint density at radius 3 is 2.38 bits per heavy atom. The molecule has 1 saturated carbocycles. The lowest BCUT2D eigenvalue weighted by Gasteiger charge is -2.44. The third-order valence-electron chi connectivity index (χ3n) is 5.22. The molecule has 0 aromatic heterocycles. The smallest absolute Gasteiger partial charge is 0.254 e. The number of nitrogens with zero attached hydrogens (tertiary/aromatic N) is 1. The van der Waals surface area contributed by atoms with Crippen LogP contribution in [0.1, 0.15) is 55.3 Å². The summed E-state index contributed by atoms with van der Waals surface area (Å²) in [6, 6.07) is 5.68. The predicted molar refractivity (Wildman–Crippen MR) is 92.0 cm³/mol. The van der Waals surface area contributed by atoms with Crippen molar-refractivity contribution in [2.24, 2.45) is 5.41 Å². The number of thiol groups is 1. The molecule has 2 aliphatic rings. The number of hydrogen-bond acceptors (Lipinski definition) is 2. The van der Waals surface area contributed by atoms with E-state index in [-0.39, 0.29) is 5.91 Å². The van der Waals surface area contributed by atoms with Crippen LogP contribution >= 0.6 is 28.6 Å². The second kappa shape index (κ2) is 6.33. The fraction of sp³-hybridized carbons (Fsp3) is 0.588. The van der Waals surface area contributed by atoms with Crippen molar-refractivity contribution in [1.29, 1.82) is 0 Å². The van der Waals surface area contributed by atoms with E-state index in [4.69, 9.17) is 0 Å². The van der Waals surface area contributed by atoms with E-state index in [2.05, 4.69) is 28.6 Å². The quantitative estimate of drug-likeness (QED) is 0.698. The molecule has 1 saturated heterocycles. The lowest BCUT2D eigenvalue weighted by Crippen LogP contribution is -2.44. The van der Waals surface area contributed by atoms with Crippen LogP contribution in [0.25, 0.3) is 0 Å². The maximum absolute atomic E-state index is 12.7.